The molecule has 0 radical (unpaired) electrons. The molecule has 2 aromatic carbocycles. The summed E-state index contributed by atoms with van der Waals surface area (Å²) in [5.41, 5.74) is 5.13. The number of Topliss-reactive ketones (excluding diaryl/α,β-unsaturated/α-hetero) is 1. The molecular weight excluding hydrogens is 304 g/mol. The first-order valence-electron chi connectivity index (χ1n) is 7.78. The number of para-hydroxylation sites is 2. The van der Waals surface area contributed by atoms with Crippen LogP contribution in [0.15, 0.2) is 47.6 Å². The summed E-state index contributed by atoms with van der Waals surface area (Å²) in [5, 5.41) is 0.909. The molecule has 0 saturated carbocycles. The molecule has 3 nitrogen and oxygen atoms in total. The molecule has 0 saturated heterocycles. The molecule has 0 aliphatic rings. The van der Waals surface area contributed by atoms with Crippen molar-refractivity contribution in [3.63, 3.8) is 0 Å². The second-order valence-corrected chi connectivity index (χ2v) is 6.60. The predicted molar refractivity (Wildman–Crippen MR) is 96.4 cm³/mol. The maximum absolute atomic E-state index is 12.5. The Bertz CT molecular complexity index is 867. The second-order valence-electron chi connectivity index (χ2n) is 5.66. The van der Waals surface area contributed by atoms with E-state index < -0.39 is 0 Å². The smallest absolute Gasteiger partial charge is 0.173 e. The lowest BCUT2D eigenvalue weighted by Crippen LogP contribution is -2.06. The Morgan fingerprint density at radius 1 is 1.17 bits per heavy atom. The molecule has 1 heterocycles. The third kappa shape index (κ3) is 3.17. The highest BCUT2D eigenvalue weighted by molar-refractivity contribution is 7.99. The van der Waals surface area contributed by atoms with E-state index >= 15 is 0 Å². The second kappa shape index (κ2) is 6.59. The van der Waals surface area contributed by atoms with E-state index in [1.165, 1.54) is 17.3 Å². The Balaban J connectivity index is 1.81. The number of rotatable bonds is 5. The van der Waals surface area contributed by atoms with E-state index in [4.69, 9.17) is 0 Å². The van der Waals surface area contributed by atoms with Crippen LogP contribution >= 0.6 is 11.8 Å². The zero-order chi connectivity index (χ0) is 16.4. The van der Waals surface area contributed by atoms with E-state index in [1.54, 1.807) is 0 Å². The van der Waals surface area contributed by atoms with Crippen molar-refractivity contribution >= 4 is 28.6 Å². The monoisotopic (exact) mass is 324 g/mol. The van der Waals surface area contributed by atoms with Crippen molar-refractivity contribution in [2.45, 2.75) is 32.5 Å². The Morgan fingerprint density at radius 3 is 2.70 bits per heavy atom. The summed E-state index contributed by atoms with van der Waals surface area (Å²) in [6.45, 7) is 6.98. The number of hydrogen-bond donors (Lipinski definition) is 0. The number of aryl methyl sites for hydroxylation is 3. The molecule has 0 N–H and O–H groups in total. The quantitative estimate of drug-likeness (QED) is 0.506. The van der Waals surface area contributed by atoms with Gasteiger partial charge in [0.1, 0.15) is 0 Å². The number of benzene rings is 2. The fourth-order valence-electron chi connectivity index (χ4n) is 2.80. The number of carbonyl (C=O) groups is 1. The number of nitrogens with zero attached hydrogens (tertiary/aromatic N) is 2. The highest BCUT2D eigenvalue weighted by atomic mass is 32.2. The molecule has 0 aliphatic heterocycles. The van der Waals surface area contributed by atoms with Gasteiger partial charge in [-0.2, -0.15) is 0 Å². The first-order chi connectivity index (χ1) is 11.1. The molecule has 0 fully saturated rings. The van der Waals surface area contributed by atoms with Crippen LogP contribution in [0.2, 0.25) is 0 Å². The lowest BCUT2D eigenvalue weighted by molar-refractivity contribution is 0.102. The molecule has 3 aromatic rings. The SMILES string of the molecule is CCn1c(SCC(=O)c2ccc(C)cc2C)nc2ccccc21. The van der Waals surface area contributed by atoms with Crippen molar-refractivity contribution < 1.29 is 4.79 Å². The zero-order valence-corrected chi connectivity index (χ0v) is 14.5. The van der Waals surface area contributed by atoms with Crippen LogP contribution in [-0.2, 0) is 6.54 Å². The average molecular weight is 324 g/mol. The van der Waals surface area contributed by atoms with Gasteiger partial charge < -0.3 is 4.57 Å². The van der Waals surface area contributed by atoms with Gasteiger partial charge in [-0.15, -0.1) is 0 Å². The lowest BCUT2D eigenvalue weighted by atomic mass is 10.0. The van der Waals surface area contributed by atoms with Gasteiger partial charge in [0.05, 0.1) is 16.8 Å². The zero-order valence-electron chi connectivity index (χ0n) is 13.7. The van der Waals surface area contributed by atoms with Crippen molar-refractivity contribution in [2.75, 3.05) is 5.75 Å². The first kappa shape index (κ1) is 15.8. The standard InChI is InChI=1S/C19H20N2OS/c1-4-21-17-8-6-5-7-16(17)20-19(21)23-12-18(22)15-10-9-13(2)11-14(15)3/h5-11H,4,12H2,1-3H3. The lowest BCUT2D eigenvalue weighted by Gasteiger charge is -2.07. The van der Waals surface area contributed by atoms with E-state index in [0.29, 0.717) is 5.75 Å². The third-order valence-electron chi connectivity index (χ3n) is 3.95. The number of ketones is 1. The van der Waals surface area contributed by atoms with Gasteiger partial charge >= 0.3 is 0 Å². The largest absolute Gasteiger partial charge is 0.319 e. The van der Waals surface area contributed by atoms with Gasteiger partial charge in [-0.1, -0.05) is 47.7 Å². The van der Waals surface area contributed by atoms with Crippen LogP contribution in [0.5, 0.6) is 0 Å². The minimum Gasteiger partial charge on any atom is -0.319 e. The summed E-state index contributed by atoms with van der Waals surface area (Å²) >= 11 is 1.52. The highest BCUT2D eigenvalue weighted by Crippen LogP contribution is 2.25. The molecule has 0 spiro atoms. The van der Waals surface area contributed by atoms with Crippen LogP contribution in [0.3, 0.4) is 0 Å². The van der Waals surface area contributed by atoms with Crippen LogP contribution in [0.4, 0.5) is 0 Å². The van der Waals surface area contributed by atoms with Gasteiger partial charge in [0.15, 0.2) is 10.9 Å². The number of thioether (sulfide) groups is 1. The van der Waals surface area contributed by atoms with Crippen LogP contribution in [0.25, 0.3) is 11.0 Å². The van der Waals surface area contributed by atoms with Gasteiger partial charge in [-0.25, -0.2) is 4.98 Å². The van der Waals surface area contributed by atoms with Crippen LogP contribution in [0.1, 0.15) is 28.4 Å². The molecule has 4 heteroatoms. The van der Waals surface area contributed by atoms with Crippen molar-refractivity contribution in [3.8, 4) is 0 Å². The maximum Gasteiger partial charge on any atom is 0.173 e. The summed E-state index contributed by atoms with van der Waals surface area (Å²) in [6, 6.07) is 14.1. The fraction of sp³-hybridized carbons (Fsp3) is 0.263. The highest BCUT2D eigenvalue weighted by Gasteiger charge is 2.14. The summed E-state index contributed by atoms with van der Waals surface area (Å²) in [4.78, 5) is 17.2. The van der Waals surface area contributed by atoms with E-state index in [2.05, 4.69) is 28.6 Å². The van der Waals surface area contributed by atoms with Gasteiger partial charge in [0, 0.05) is 12.1 Å². The topological polar surface area (TPSA) is 34.9 Å². The van der Waals surface area contributed by atoms with Gasteiger partial charge in [0.25, 0.3) is 0 Å². The van der Waals surface area contributed by atoms with E-state index in [-0.39, 0.29) is 5.78 Å². The average Bonchev–Trinajstić information content (AvgIpc) is 2.90. The van der Waals surface area contributed by atoms with E-state index in [0.717, 1.165) is 33.9 Å². The van der Waals surface area contributed by atoms with E-state index in [1.807, 2.05) is 44.2 Å². The summed E-state index contributed by atoms with van der Waals surface area (Å²) in [5.74, 6) is 0.565. The minimum absolute atomic E-state index is 0.155. The third-order valence-corrected chi connectivity index (χ3v) is 4.93. The molecule has 118 valence electrons. The Morgan fingerprint density at radius 2 is 1.96 bits per heavy atom. The van der Waals surface area contributed by atoms with E-state index in [9.17, 15) is 4.79 Å². The van der Waals surface area contributed by atoms with Crippen molar-refractivity contribution in [1.82, 2.24) is 9.55 Å². The number of aromatic nitrogens is 2. The maximum atomic E-state index is 12.5. The number of hydrogen-bond acceptors (Lipinski definition) is 3. The number of fused-ring (bicyclic) bond motifs is 1. The van der Waals surface area contributed by atoms with Crippen molar-refractivity contribution in [3.05, 3.63) is 59.2 Å². The summed E-state index contributed by atoms with van der Waals surface area (Å²) in [7, 11) is 0. The van der Waals surface area contributed by atoms with Gasteiger partial charge in [-0.3, -0.25) is 4.79 Å². The Kier molecular flexibility index (Phi) is 4.53. The normalized spacial score (nSPS) is 11.1. The molecule has 0 amide bonds. The molecule has 0 bridgehead atoms. The van der Waals surface area contributed by atoms with Gasteiger partial charge in [0.2, 0.25) is 0 Å². The molecular formula is C19H20N2OS. The van der Waals surface area contributed by atoms with Gasteiger partial charge in [-0.05, 0) is 38.5 Å². The summed E-state index contributed by atoms with van der Waals surface area (Å²) < 4.78 is 2.16. The van der Waals surface area contributed by atoms with Crippen LogP contribution < -0.4 is 0 Å². The van der Waals surface area contributed by atoms with Crippen LogP contribution in [-0.4, -0.2) is 21.1 Å². The fourth-order valence-corrected chi connectivity index (χ4v) is 3.77. The number of imidazole rings is 1. The first-order valence-corrected chi connectivity index (χ1v) is 8.77. The van der Waals surface area contributed by atoms with Crippen molar-refractivity contribution in [2.24, 2.45) is 0 Å². The molecule has 0 aliphatic carbocycles. The Labute approximate surface area is 140 Å². The minimum atomic E-state index is 0.155. The van der Waals surface area contributed by atoms with Crippen LogP contribution in [0, 0.1) is 13.8 Å². The summed E-state index contributed by atoms with van der Waals surface area (Å²) in [6.07, 6.45) is 0. The molecule has 0 unspecified atom stereocenters. The predicted octanol–water partition coefficient (Wildman–Crippen LogP) is 4.65. The molecule has 1 aromatic heterocycles. The number of carbonyl (C=O) groups excluding carboxylic acids is 1. The Hall–Kier alpha value is -2.07. The van der Waals surface area contributed by atoms with Crippen molar-refractivity contribution in [1.29, 1.82) is 0 Å². The molecule has 0 atom stereocenters. The molecule has 3 rings (SSSR count). The molecule has 23 heavy (non-hydrogen) atoms.